The van der Waals surface area contributed by atoms with Gasteiger partial charge in [0.1, 0.15) is 12.3 Å². The average Bonchev–Trinajstić information content (AvgIpc) is 3.74. The van der Waals surface area contributed by atoms with Gasteiger partial charge in [-0.2, -0.15) is 0 Å². The van der Waals surface area contributed by atoms with E-state index in [1.807, 2.05) is 13.8 Å². The molecular formula is C40H76N5O7P. The Morgan fingerprint density at radius 2 is 1.26 bits per heavy atom. The highest BCUT2D eigenvalue weighted by Crippen LogP contribution is 2.46. The SMILES string of the molecule is CC.CCCCCCCCCCCCN1CCN(CCCCCCCCCCCC)C1=NP(=O)(O)OCC1O[C@@H](n2cc(C)c(=O)[nH]c2=O)C[C@H]1OC. The van der Waals surface area contributed by atoms with E-state index in [1.165, 1.54) is 121 Å². The molecule has 4 atom stereocenters. The normalized spacial score (nSPS) is 19.8. The van der Waals surface area contributed by atoms with Crippen molar-refractivity contribution in [2.75, 3.05) is 39.9 Å². The van der Waals surface area contributed by atoms with Crippen LogP contribution in [0.1, 0.15) is 174 Å². The van der Waals surface area contributed by atoms with Crippen LogP contribution in [0.15, 0.2) is 20.5 Å². The van der Waals surface area contributed by atoms with Crippen molar-refractivity contribution in [3.8, 4) is 0 Å². The molecule has 2 unspecified atom stereocenters. The minimum atomic E-state index is -4.40. The Morgan fingerprint density at radius 1 is 0.811 bits per heavy atom. The Hall–Kier alpha value is -1.98. The molecule has 0 amide bonds. The fourth-order valence-corrected chi connectivity index (χ4v) is 8.03. The van der Waals surface area contributed by atoms with Crippen LogP contribution >= 0.6 is 7.75 Å². The molecule has 2 saturated heterocycles. The highest BCUT2D eigenvalue weighted by atomic mass is 31.2. The molecule has 53 heavy (non-hydrogen) atoms. The van der Waals surface area contributed by atoms with Crippen LogP contribution in [-0.2, 0) is 18.6 Å². The van der Waals surface area contributed by atoms with Crippen LogP contribution in [0.4, 0.5) is 0 Å². The van der Waals surface area contributed by atoms with Gasteiger partial charge in [0.2, 0.25) is 5.96 Å². The van der Waals surface area contributed by atoms with Crippen LogP contribution in [0.3, 0.4) is 0 Å². The summed E-state index contributed by atoms with van der Waals surface area (Å²) < 4.78 is 36.4. The summed E-state index contributed by atoms with van der Waals surface area (Å²) in [6.07, 6.45) is 25.0. The second-order valence-electron chi connectivity index (χ2n) is 14.6. The van der Waals surface area contributed by atoms with E-state index >= 15 is 0 Å². The summed E-state index contributed by atoms with van der Waals surface area (Å²) in [5.41, 5.74) is -0.657. The van der Waals surface area contributed by atoms with Crippen LogP contribution in [0, 0.1) is 6.92 Å². The molecule has 3 rings (SSSR count). The Bertz CT molecular complexity index is 1270. The van der Waals surface area contributed by atoms with Gasteiger partial charge in [0.15, 0.2) is 0 Å². The number of nitrogens with zero attached hydrogens (tertiary/aromatic N) is 4. The van der Waals surface area contributed by atoms with Crippen molar-refractivity contribution in [1.29, 1.82) is 0 Å². The summed E-state index contributed by atoms with van der Waals surface area (Å²) in [5, 5.41) is 0. The minimum absolute atomic E-state index is 0.229. The molecule has 1 aromatic rings. The van der Waals surface area contributed by atoms with E-state index in [-0.39, 0.29) is 6.61 Å². The standard InChI is InChI=1S/C38H70N5O7P.C2H6/c1-5-7-9-11-13-15-17-19-21-23-25-41-27-28-42(26-24-22-20-18-16-14-12-10-8-6-2)37(41)40-51(46,47)49-31-34-33(48-4)29-35(50-34)43-30-32(3)36(44)39-38(43)45;1-2/h30,33-35H,5-29,31H2,1-4H3,(H,46,47)(H,39,44,45);1-2H3/t33-,34?,35-;/m1./s1. The lowest BCUT2D eigenvalue weighted by Crippen LogP contribution is -2.35. The predicted molar refractivity (Wildman–Crippen MR) is 217 cm³/mol. The van der Waals surface area contributed by atoms with Crippen LogP contribution in [-0.4, -0.2) is 82.3 Å². The topological polar surface area (TPSA) is 139 Å². The molecule has 2 fully saturated rings. The molecule has 13 heteroatoms. The fourth-order valence-electron chi connectivity index (χ4n) is 7.15. The largest absolute Gasteiger partial charge is 0.454 e. The summed E-state index contributed by atoms with van der Waals surface area (Å²) >= 11 is 0. The molecule has 2 aliphatic heterocycles. The highest BCUT2D eigenvalue weighted by Gasteiger charge is 2.39. The minimum Gasteiger partial charge on any atom is -0.378 e. The number of unbranched alkanes of at least 4 members (excludes halogenated alkanes) is 18. The zero-order valence-corrected chi connectivity index (χ0v) is 35.2. The van der Waals surface area contributed by atoms with Crippen molar-refractivity contribution in [2.45, 2.75) is 188 Å². The Labute approximate surface area is 321 Å². The van der Waals surface area contributed by atoms with Crippen LogP contribution in [0.25, 0.3) is 0 Å². The zero-order chi connectivity index (χ0) is 38.9. The van der Waals surface area contributed by atoms with Crippen LogP contribution < -0.4 is 11.2 Å². The van der Waals surface area contributed by atoms with Gasteiger partial charge in [-0.3, -0.25) is 18.9 Å². The van der Waals surface area contributed by atoms with Crippen molar-refractivity contribution >= 4 is 13.7 Å². The molecule has 0 aromatic carbocycles. The summed E-state index contributed by atoms with van der Waals surface area (Å²) in [6, 6.07) is 0. The molecule has 1 aromatic heterocycles. The van der Waals surface area contributed by atoms with Crippen molar-refractivity contribution in [1.82, 2.24) is 19.4 Å². The predicted octanol–water partition coefficient (Wildman–Crippen LogP) is 9.11. The number of methoxy groups -OCH3 is 1. The molecule has 0 bridgehead atoms. The van der Waals surface area contributed by atoms with Crippen LogP contribution in [0.5, 0.6) is 0 Å². The first-order valence-electron chi connectivity index (χ1n) is 21.3. The molecule has 0 saturated carbocycles. The number of aryl methyl sites for hydroxylation is 1. The number of aromatic nitrogens is 2. The van der Waals surface area contributed by atoms with Gasteiger partial charge < -0.3 is 24.2 Å². The molecule has 0 radical (unpaired) electrons. The molecule has 0 aliphatic carbocycles. The number of nitrogens with one attached hydrogen (secondary N) is 1. The molecule has 2 N–H and O–H groups in total. The number of ether oxygens (including phenoxy) is 2. The average molecular weight is 770 g/mol. The van der Waals surface area contributed by atoms with Crippen molar-refractivity contribution < 1.29 is 23.5 Å². The third-order valence-electron chi connectivity index (χ3n) is 10.3. The molecule has 308 valence electrons. The van der Waals surface area contributed by atoms with E-state index in [4.69, 9.17) is 14.0 Å². The van der Waals surface area contributed by atoms with Gasteiger partial charge in [0, 0.05) is 51.5 Å². The number of hydrogen-bond acceptors (Lipinski definition) is 6. The first-order chi connectivity index (χ1) is 25.7. The van der Waals surface area contributed by atoms with Gasteiger partial charge in [0.25, 0.3) is 5.56 Å². The number of rotatable bonds is 28. The first-order valence-corrected chi connectivity index (χ1v) is 22.8. The van der Waals surface area contributed by atoms with Crippen LogP contribution in [0.2, 0.25) is 0 Å². The summed E-state index contributed by atoms with van der Waals surface area (Å²) in [5.74, 6) is 0.552. The van der Waals surface area contributed by atoms with E-state index in [9.17, 15) is 19.0 Å². The van der Waals surface area contributed by atoms with E-state index in [1.54, 1.807) is 6.92 Å². The lowest BCUT2D eigenvalue weighted by atomic mass is 10.1. The van der Waals surface area contributed by atoms with Gasteiger partial charge in [0.05, 0.1) is 12.7 Å². The molecular weight excluding hydrogens is 693 g/mol. The Kier molecular flexibility index (Phi) is 24.5. The quantitative estimate of drug-likeness (QED) is 0.0631. The third-order valence-corrected chi connectivity index (χ3v) is 11.2. The molecule has 2 aliphatic rings. The van der Waals surface area contributed by atoms with Gasteiger partial charge in [-0.1, -0.05) is 143 Å². The zero-order valence-electron chi connectivity index (χ0n) is 34.3. The summed E-state index contributed by atoms with van der Waals surface area (Å²) in [6.45, 7) is 13.0. The lowest BCUT2D eigenvalue weighted by molar-refractivity contribution is -0.0501. The maximum atomic E-state index is 13.5. The highest BCUT2D eigenvalue weighted by molar-refractivity contribution is 7.51. The number of H-pyrrole nitrogens is 1. The van der Waals surface area contributed by atoms with Gasteiger partial charge in [-0.25, -0.2) is 9.36 Å². The van der Waals surface area contributed by atoms with Gasteiger partial charge in [-0.05, 0) is 19.8 Å². The first kappa shape index (κ1) is 47.2. The second kappa shape index (κ2) is 27.6. The molecule has 3 heterocycles. The number of guanidine groups is 1. The van der Waals surface area contributed by atoms with Crippen molar-refractivity contribution in [3.63, 3.8) is 0 Å². The van der Waals surface area contributed by atoms with E-state index in [0.717, 1.165) is 51.9 Å². The Morgan fingerprint density at radius 3 is 1.72 bits per heavy atom. The number of hydrogen-bond donors (Lipinski definition) is 2. The summed E-state index contributed by atoms with van der Waals surface area (Å²) in [4.78, 5) is 41.9. The maximum absolute atomic E-state index is 13.5. The smallest absolute Gasteiger partial charge is 0.378 e. The molecule has 0 spiro atoms. The van der Waals surface area contributed by atoms with Crippen molar-refractivity contribution in [3.05, 3.63) is 32.6 Å². The fraction of sp³-hybridized carbons (Fsp3) is 0.875. The van der Waals surface area contributed by atoms with E-state index in [0.29, 0.717) is 17.9 Å². The third kappa shape index (κ3) is 18.0. The second-order valence-corrected chi connectivity index (χ2v) is 16.1. The van der Waals surface area contributed by atoms with E-state index < -0.39 is 37.4 Å². The molecule has 12 nitrogen and oxygen atoms in total. The number of aromatic amines is 1. The van der Waals surface area contributed by atoms with Gasteiger partial charge >= 0.3 is 13.4 Å². The van der Waals surface area contributed by atoms with Crippen molar-refractivity contribution in [2.24, 2.45) is 4.76 Å². The monoisotopic (exact) mass is 770 g/mol. The van der Waals surface area contributed by atoms with Gasteiger partial charge in [-0.15, -0.1) is 4.76 Å². The summed E-state index contributed by atoms with van der Waals surface area (Å²) in [7, 11) is -2.87. The lowest BCUT2D eigenvalue weighted by Gasteiger charge is -2.24. The van der Waals surface area contributed by atoms with E-state index in [2.05, 4.69) is 33.4 Å². The Balaban J connectivity index is 0.00000477. The maximum Gasteiger partial charge on any atom is 0.454 e.